The molecule has 3 heterocycles. The van der Waals surface area contributed by atoms with Gasteiger partial charge in [0.25, 0.3) is 0 Å². The van der Waals surface area contributed by atoms with E-state index in [-0.39, 0.29) is 0 Å². The molecule has 0 bridgehead atoms. The molecular weight excluding hydrogens is 396 g/mol. The molecule has 0 saturated heterocycles. The zero-order chi connectivity index (χ0) is 20.7. The van der Waals surface area contributed by atoms with Crippen molar-refractivity contribution in [2.24, 2.45) is 0 Å². The van der Waals surface area contributed by atoms with E-state index in [0.29, 0.717) is 12.4 Å². The van der Waals surface area contributed by atoms with Crippen molar-refractivity contribution in [3.05, 3.63) is 70.9 Å². The Morgan fingerprint density at radius 3 is 2.43 bits per heavy atom. The Kier molecular flexibility index (Phi) is 4.59. The molecule has 0 spiro atoms. The second-order valence-corrected chi connectivity index (χ2v) is 8.28. The lowest BCUT2D eigenvalue weighted by Gasteiger charge is -2.07. The Labute approximate surface area is 177 Å². The molecule has 0 N–H and O–H groups in total. The molecule has 0 atom stereocenters. The molecule has 2 aromatic carbocycles. The third-order valence-corrected chi connectivity index (χ3v) is 6.30. The van der Waals surface area contributed by atoms with Gasteiger partial charge in [-0.05, 0) is 49.2 Å². The minimum absolute atomic E-state index is 0.489. The number of thiophene rings is 1. The smallest absolute Gasteiger partial charge is 0.182 e. The average molecular weight is 417 g/mol. The van der Waals surface area contributed by atoms with E-state index in [2.05, 4.69) is 23.9 Å². The first kappa shape index (κ1) is 18.6. The van der Waals surface area contributed by atoms with E-state index in [1.54, 1.807) is 29.3 Å². The molecule has 30 heavy (non-hydrogen) atoms. The first-order valence-electron chi connectivity index (χ1n) is 9.59. The second kappa shape index (κ2) is 7.42. The Balaban J connectivity index is 1.38. The van der Waals surface area contributed by atoms with Crippen LogP contribution >= 0.6 is 11.3 Å². The highest BCUT2D eigenvalue weighted by Gasteiger charge is 2.15. The summed E-state index contributed by atoms with van der Waals surface area (Å²) in [5, 5.41) is 5.71. The number of nitrogens with zero attached hydrogens (tertiary/aromatic N) is 4. The molecule has 5 aromatic rings. The number of fused-ring (bicyclic) bond motifs is 3. The van der Waals surface area contributed by atoms with Crippen molar-refractivity contribution in [1.29, 1.82) is 0 Å². The number of hydrogen-bond donors (Lipinski definition) is 0. The Morgan fingerprint density at radius 1 is 0.967 bits per heavy atom. The van der Waals surface area contributed by atoms with Gasteiger partial charge in [-0.2, -0.15) is 0 Å². The van der Waals surface area contributed by atoms with Crippen LogP contribution in [-0.4, -0.2) is 26.7 Å². The average Bonchev–Trinajstić information content (AvgIpc) is 3.34. The minimum Gasteiger partial charge on any atom is -0.497 e. The molecule has 0 unspecified atom stereocenters. The lowest BCUT2D eigenvalue weighted by Crippen LogP contribution is -1.95. The van der Waals surface area contributed by atoms with Crippen LogP contribution in [0.15, 0.2) is 54.9 Å². The summed E-state index contributed by atoms with van der Waals surface area (Å²) < 4.78 is 12.8. The van der Waals surface area contributed by atoms with Crippen molar-refractivity contribution in [3.63, 3.8) is 0 Å². The minimum atomic E-state index is 0.489. The summed E-state index contributed by atoms with van der Waals surface area (Å²) in [6.45, 7) is 4.72. The van der Waals surface area contributed by atoms with Gasteiger partial charge >= 0.3 is 0 Å². The molecule has 0 amide bonds. The van der Waals surface area contributed by atoms with Crippen molar-refractivity contribution < 1.29 is 9.47 Å². The molecule has 0 aliphatic carbocycles. The van der Waals surface area contributed by atoms with Crippen LogP contribution in [0.4, 0.5) is 0 Å². The van der Waals surface area contributed by atoms with Gasteiger partial charge in [-0.15, -0.1) is 16.4 Å². The van der Waals surface area contributed by atoms with Crippen molar-refractivity contribution in [3.8, 4) is 22.9 Å². The predicted molar refractivity (Wildman–Crippen MR) is 118 cm³/mol. The summed E-state index contributed by atoms with van der Waals surface area (Å²) in [5.41, 5.74) is 4.11. The summed E-state index contributed by atoms with van der Waals surface area (Å²) >= 11 is 1.69. The molecule has 0 saturated carbocycles. The van der Waals surface area contributed by atoms with E-state index in [4.69, 9.17) is 14.5 Å². The van der Waals surface area contributed by atoms with Crippen LogP contribution in [0.1, 0.15) is 16.0 Å². The Bertz CT molecular complexity index is 1340. The van der Waals surface area contributed by atoms with Crippen LogP contribution in [0.2, 0.25) is 0 Å². The molecule has 0 aliphatic rings. The normalized spacial score (nSPS) is 11.3. The molecule has 6 nitrogen and oxygen atoms in total. The van der Waals surface area contributed by atoms with Crippen molar-refractivity contribution >= 4 is 27.2 Å². The molecule has 0 aliphatic heterocycles. The van der Waals surface area contributed by atoms with Crippen LogP contribution in [0, 0.1) is 13.8 Å². The van der Waals surface area contributed by atoms with Gasteiger partial charge in [-0.1, -0.05) is 24.3 Å². The largest absolute Gasteiger partial charge is 0.497 e. The zero-order valence-electron chi connectivity index (χ0n) is 16.9. The first-order valence-corrected chi connectivity index (χ1v) is 10.4. The Hall–Kier alpha value is -3.45. The predicted octanol–water partition coefficient (Wildman–Crippen LogP) is 5.21. The number of ether oxygens (including phenoxy) is 2. The van der Waals surface area contributed by atoms with Crippen LogP contribution < -0.4 is 9.47 Å². The van der Waals surface area contributed by atoms with Gasteiger partial charge in [0.15, 0.2) is 11.5 Å². The van der Waals surface area contributed by atoms with Crippen LogP contribution in [0.5, 0.6) is 11.5 Å². The number of aryl methyl sites for hydroxylation is 2. The molecule has 3 aromatic heterocycles. The number of hydrogen-bond acceptors (Lipinski definition) is 6. The molecular formula is C23H20N4O2S. The van der Waals surface area contributed by atoms with E-state index in [1.165, 1.54) is 10.4 Å². The lowest BCUT2D eigenvalue weighted by molar-refractivity contribution is 0.305. The first-order chi connectivity index (χ1) is 14.6. The summed E-state index contributed by atoms with van der Waals surface area (Å²) in [7, 11) is 1.65. The maximum Gasteiger partial charge on any atom is 0.182 e. The van der Waals surface area contributed by atoms with Gasteiger partial charge in [-0.3, -0.25) is 0 Å². The van der Waals surface area contributed by atoms with Crippen molar-refractivity contribution in [2.45, 2.75) is 20.5 Å². The van der Waals surface area contributed by atoms with E-state index < -0.39 is 0 Å². The maximum absolute atomic E-state index is 5.85. The third-order valence-electron chi connectivity index (χ3n) is 5.18. The van der Waals surface area contributed by atoms with Crippen LogP contribution in [0.25, 0.3) is 27.3 Å². The number of benzene rings is 2. The van der Waals surface area contributed by atoms with Crippen molar-refractivity contribution in [2.75, 3.05) is 7.11 Å². The summed E-state index contributed by atoms with van der Waals surface area (Å²) in [5.74, 6) is 2.31. The zero-order valence-corrected chi connectivity index (χ0v) is 17.7. The molecule has 150 valence electrons. The highest BCUT2D eigenvalue weighted by molar-refractivity contribution is 7.18. The van der Waals surface area contributed by atoms with Gasteiger partial charge < -0.3 is 9.47 Å². The number of aromatic nitrogens is 4. The second-order valence-electron chi connectivity index (χ2n) is 7.07. The maximum atomic E-state index is 5.85. The van der Waals surface area contributed by atoms with E-state index >= 15 is 0 Å². The van der Waals surface area contributed by atoms with Gasteiger partial charge in [0.2, 0.25) is 0 Å². The lowest BCUT2D eigenvalue weighted by atomic mass is 10.1. The van der Waals surface area contributed by atoms with Gasteiger partial charge in [-0.25, -0.2) is 14.5 Å². The topological polar surface area (TPSA) is 61.5 Å². The molecule has 7 heteroatoms. The monoisotopic (exact) mass is 416 g/mol. The van der Waals surface area contributed by atoms with Crippen molar-refractivity contribution in [1.82, 2.24) is 19.6 Å². The van der Waals surface area contributed by atoms with Crippen LogP contribution in [-0.2, 0) is 6.61 Å². The van der Waals surface area contributed by atoms with Gasteiger partial charge in [0.1, 0.15) is 29.3 Å². The fourth-order valence-electron chi connectivity index (χ4n) is 3.36. The standard InChI is InChI=1S/C23H20N4O2S/c1-14-15(2)30-23-20(14)22-25-21(26-27(22)13-24-23)17-6-4-16(5-7-17)12-29-19-10-8-18(28-3)9-11-19/h4-11,13H,12H2,1-3H3. The van der Waals surface area contributed by atoms with E-state index in [0.717, 1.165) is 38.5 Å². The number of rotatable bonds is 5. The van der Waals surface area contributed by atoms with E-state index in [9.17, 15) is 0 Å². The van der Waals surface area contributed by atoms with Gasteiger partial charge in [0.05, 0.1) is 12.5 Å². The molecule has 0 fully saturated rings. The van der Waals surface area contributed by atoms with Crippen LogP contribution in [0.3, 0.4) is 0 Å². The quantitative estimate of drug-likeness (QED) is 0.394. The molecule has 5 rings (SSSR count). The Morgan fingerprint density at radius 2 is 1.70 bits per heavy atom. The SMILES string of the molecule is COc1ccc(OCc2ccc(-c3nc4c5c(C)c(C)sc5ncn4n3)cc2)cc1. The van der Waals surface area contributed by atoms with Gasteiger partial charge in [0, 0.05) is 10.4 Å². The summed E-state index contributed by atoms with van der Waals surface area (Å²) in [6.07, 6.45) is 1.74. The summed E-state index contributed by atoms with van der Waals surface area (Å²) in [4.78, 5) is 11.6. The fourth-order valence-corrected chi connectivity index (χ4v) is 4.35. The fraction of sp³-hybridized carbons (Fsp3) is 0.174. The number of methoxy groups -OCH3 is 1. The third kappa shape index (κ3) is 3.27. The van der Waals surface area contributed by atoms with E-state index in [1.807, 2.05) is 48.5 Å². The molecule has 0 radical (unpaired) electrons. The highest BCUT2D eigenvalue weighted by Crippen LogP contribution is 2.31. The summed E-state index contributed by atoms with van der Waals surface area (Å²) in [6, 6.07) is 15.7. The highest BCUT2D eigenvalue weighted by atomic mass is 32.1.